The van der Waals surface area contributed by atoms with E-state index in [0.717, 1.165) is 4.88 Å². The monoisotopic (exact) mass is 264 g/mol. The van der Waals surface area contributed by atoms with E-state index in [1.807, 2.05) is 17.5 Å². The van der Waals surface area contributed by atoms with Gasteiger partial charge in [-0.2, -0.15) is 24.7 Å². The Bertz CT molecular complexity index is 568. The minimum Gasteiger partial charge on any atom is -0.223 e. The Morgan fingerprint density at radius 1 is 1.24 bits per heavy atom. The van der Waals surface area contributed by atoms with Crippen molar-refractivity contribution >= 4 is 22.9 Å². The first-order valence-corrected chi connectivity index (χ1v) is 5.89. The highest BCUT2D eigenvalue weighted by Gasteiger charge is 2.09. The summed E-state index contributed by atoms with van der Waals surface area (Å²) in [4.78, 5) is 17.1. The second kappa shape index (κ2) is 4.19. The highest BCUT2D eigenvalue weighted by Crippen LogP contribution is 2.22. The summed E-state index contributed by atoms with van der Waals surface area (Å²) in [5.41, 5.74) is 0. The molecule has 0 atom stereocenters. The van der Waals surface area contributed by atoms with Gasteiger partial charge in [0.15, 0.2) is 5.82 Å². The highest BCUT2D eigenvalue weighted by atomic mass is 35.5. The fraction of sp³-hybridized carbons (Fsp3) is 0. The molecule has 0 bridgehead atoms. The van der Waals surface area contributed by atoms with Crippen molar-refractivity contribution in [2.45, 2.75) is 0 Å². The fourth-order valence-corrected chi connectivity index (χ4v) is 2.08. The summed E-state index contributed by atoms with van der Waals surface area (Å²) in [6.45, 7) is 0. The van der Waals surface area contributed by atoms with Crippen LogP contribution in [0, 0.1) is 0 Å². The zero-order valence-electron chi connectivity index (χ0n) is 8.36. The first-order valence-electron chi connectivity index (χ1n) is 4.63. The molecule has 0 amide bonds. The van der Waals surface area contributed by atoms with Crippen molar-refractivity contribution in [3.8, 4) is 16.6 Å². The molecule has 0 aromatic carbocycles. The number of thiophene rings is 1. The lowest BCUT2D eigenvalue weighted by Gasteiger charge is -2.01. The molecule has 0 aliphatic rings. The van der Waals surface area contributed by atoms with Crippen molar-refractivity contribution in [2.24, 2.45) is 0 Å². The van der Waals surface area contributed by atoms with Gasteiger partial charge in [0, 0.05) is 0 Å². The van der Waals surface area contributed by atoms with Crippen LogP contribution >= 0.6 is 22.9 Å². The summed E-state index contributed by atoms with van der Waals surface area (Å²) in [6.07, 6.45) is 2.91. The molecule has 0 saturated heterocycles. The van der Waals surface area contributed by atoms with Gasteiger partial charge >= 0.3 is 0 Å². The average Bonchev–Trinajstić information content (AvgIpc) is 3.02. The maximum atomic E-state index is 5.86. The number of nitrogens with zero attached hydrogens (tertiary/aromatic N) is 6. The number of hydrogen-bond acceptors (Lipinski definition) is 6. The Hall–Kier alpha value is -1.86. The quantitative estimate of drug-likeness (QED) is 0.706. The van der Waals surface area contributed by atoms with Gasteiger partial charge in [-0.15, -0.1) is 11.3 Å². The van der Waals surface area contributed by atoms with Gasteiger partial charge in [-0.05, 0) is 23.0 Å². The zero-order chi connectivity index (χ0) is 11.7. The Labute approximate surface area is 105 Å². The van der Waals surface area contributed by atoms with Crippen LogP contribution in [0.15, 0.2) is 30.2 Å². The van der Waals surface area contributed by atoms with Crippen LogP contribution in [-0.2, 0) is 0 Å². The van der Waals surface area contributed by atoms with E-state index in [0.29, 0.717) is 11.8 Å². The van der Waals surface area contributed by atoms with E-state index < -0.39 is 0 Å². The summed E-state index contributed by atoms with van der Waals surface area (Å²) in [6, 6.07) is 3.84. The zero-order valence-corrected chi connectivity index (χ0v) is 9.93. The molecule has 3 aromatic heterocycles. The average molecular weight is 265 g/mol. The van der Waals surface area contributed by atoms with Crippen LogP contribution in [0.5, 0.6) is 0 Å². The molecule has 84 valence electrons. The van der Waals surface area contributed by atoms with E-state index >= 15 is 0 Å². The third kappa shape index (κ3) is 2.02. The number of aromatic nitrogens is 6. The lowest BCUT2D eigenvalue weighted by Crippen LogP contribution is -2.04. The SMILES string of the molecule is Clc1nc(-c2cccs2)nc(-n2cncn2)n1. The highest BCUT2D eigenvalue weighted by molar-refractivity contribution is 7.13. The van der Waals surface area contributed by atoms with E-state index in [1.54, 1.807) is 0 Å². The van der Waals surface area contributed by atoms with Crippen molar-refractivity contribution < 1.29 is 0 Å². The molecule has 3 heterocycles. The maximum Gasteiger partial charge on any atom is 0.256 e. The van der Waals surface area contributed by atoms with Gasteiger partial charge in [0.2, 0.25) is 5.28 Å². The Morgan fingerprint density at radius 3 is 2.88 bits per heavy atom. The van der Waals surface area contributed by atoms with E-state index in [9.17, 15) is 0 Å². The van der Waals surface area contributed by atoms with E-state index in [2.05, 4.69) is 25.0 Å². The largest absolute Gasteiger partial charge is 0.256 e. The topological polar surface area (TPSA) is 69.4 Å². The molecule has 17 heavy (non-hydrogen) atoms. The first kappa shape index (κ1) is 10.3. The second-order valence-electron chi connectivity index (χ2n) is 3.05. The molecule has 0 fully saturated rings. The van der Waals surface area contributed by atoms with Gasteiger partial charge in [-0.25, -0.2) is 4.98 Å². The van der Waals surface area contributed by atoms with E-state index in [-0.39, 0.29) is 5.28 Å². The van der Waals surface area contributed by atoms with Gasteiger partial charge in [-0.1, -0.05) is 6.07 Å². The smallest absolute Gasteiger partial charge is 0.223 e. The third-order valence-electron chi connectivity index (χ3n) is 1.96. The van der Waals surface area contributed by atoms with E-state index in [1.165, 1.54) is 28.7 Å². The molecule has 0 aliphatic heterocycles. The van der Waals surface area contributed by atoms with Gasteiger partial charge in [-0.3, -0.25) is 0 Å². The standard InChI is InChI=1S/C9H5ClN6S/c10-8-13-7(6-2-1-3-17-6)14-9(15-8)16-5-11-4-12-16/h1-5H. The molecule has 0 radical (unpaired) electrons. The van der Waals surface area contributed by atoms with Crippen molar-refractivity contribution in [3.63, 3.8) is 0 Å². The number of hydrogen-bond donors (Lipinski definition) is 0. The van der Waals surface area contributed by atoms with Crippen LogP contribution in [0.25, 0.3) is 16.6 Å². The lowest BCUT2D eigenvalue weighted by molar-refractivity contribution is 0.797. The van der Waals surface area contributed by atoms with Gasteiger partial charge in [0.05, 0.1) is 4.88 Å². The Morgan fingerprint density at radius 2 is 2.18 bits per heavy atom. The molecule has 3 aromatic rings. The van der Waals surface area contributed by atoms with Crippen LogP contribution in [0.4, 0.5) is 0 Å². The van der Waals surface area contributed by atoms with Crippen molar-refractivity contribution in [1.29, 1.82) is 0 Å². The minimum absolute atomic E-state index is 0.133. The van der Waals surface area contributed by atoms with Crippen LogP contribution in [0.3, 0.4) is 0 Å². The molecule has 0 aliphatic carbocycles. The molecule has 0 spiro atoms. The molecular weight excluding hydrogens is 260 g/mol. The molecular formula is C9H5ClN6S. The van der Waals surface area contributed by atoms with Gasteiger partial charge in [0.1, 0.15) is 12.7 Å². The molecule has 0 N–H and O–H groups in total. The summed E-state index contributed by atoms with van der Waals surface area (Å²) >= 11 is 7.40. The van der Waals surface area contributed by atoms with Crippen LogP contribution in [0.1, 0.15) is 0 Å². The summed E-state index contributed by atoms with van der Waals surface area (Å²) < 4.78 is 1.44. The van der Waals surface area contributed by atoms with Crippen molar-refractivity contribution in [2.75, 3.05) is 0 Å². The third-order valence-corrected chi connectivity index (χ3v) is 3.00. The summed E-state index contributed by atoms with van der Waals surface area (Å²) in [5.74, 6) is 0.886. The van der Waals surface area contributed by atoms with Gasteiger partial charge < -0.3 is 0 Å². The normalized spacial score (nSPS) is 10.6. The number of halogens is 1. The predicted molar refractivity (Wildman–Crippen MR) is 63.1 cm³/mol. The molecule has 0 unspecified atom stereocenters. The first-order chi connectivity index (χ1) is 8.33. The van der Waals surface area contributed by atoms with Crippen LogP contribution < -0.4 is 0 Å². The molecule has 8 heteroatoms. The second-order valence-corrected chi connectivity index (χ2v) is 4.33. The number of rotatable bonds is 2. The van der Waals surface area contributed by atoms with Crippen molar-refractivity contribution in [1.82, 2.24) is 29.7 Å². The predicted octanol–water partition coefficient (Wildman–Crippen LogP) is 1.83. The Kier molecular flexibility index (Phi) is 2.54. The minimum atomic E-state index is 0.133. The summed E-state index contributed by atoms with van der Waals surface area (Å²) in [5, 5.41) is 6.03. The molecule has 0 saturated carbocycles. The Balaban J connectivity index is 2.13. The van der Waals surface area contributed by atoms with Crippen LogP contribution in [-0.4, -0.2) is 29.7 Å². The fourth-order valence-electron chi connectivity index (χ4n) is 1.27. The summed E-state index contributed by atoms with van der Waals surface area (Å²) in [7, 11) is 0. The van der Waals surface area contributed by atoms with Gasteiger partial charge in [0.25, 0.3) is 5.95 Å². The van der Waals surface area contributed by atoms with Crippen molar-refractivity contribution in [3.05, 3.63) is 35.5 Å². The lowest BCUT2D eigenvalue weighted by atomic mass is 10.4. The maximum absolute atomic E-state index is 5.86. The molecule has 6 nitrogen and oxygen atoms in total. The van der Waals surface area contributed by atoms with Crippen LogP contribution in [0.2, 0.25) is 5.28 Å². The van der Waals surface area contributed by atoms with E-state index in [4.69, 9.17) is 11.6 Å². The molecule has 3 rings (SSSR count).